The molecule has 5 aromatic carbocycles. The van der Waals surface area contributed by atoms with Gasteiger partial charge in [-0.25, -0.2) is 0 Å². The van der Waals surface area contributed by atoms with E-state index in [1.807, 2.05) is 24.3 Å². The number of benzene rings is 5. The van der Waals surface area contributed by atoms with Crippen LogP contribution in [0.3, 0.4) is 0 Å². The lowest BCUT2D eigenvalue weighted by Gasteiger charge is -2.48. The van der Waals surface area contributed by atoms with Crippen LogP contribution in [0.15, 0.2) is 146 Å². The van der Waals surface area contributed by atoms with Crippen molar-refractivity contribution in [2.45, 2.75) is 50.0 Å². The summed E-state index contributed by atoms with van der Waals surface area (Å²) in [6.45, 7) is 2.01. The Morgan fingerprint density at radius 2 is 1.27 bits per heavy atom. The molecular formula is C46H46Cl2N4. The van der Waals surface area contributed by atoms with Crippen LogP contribution in [0.25, 0.3) is 11.1 Å². The molecular weight excluding hydrogens is 679 g/mol. The lowest BCUT2D eigenvalue weighted by molar-refractivity contribution is 0.119. The van der Waals surface area contributed by atoms with Gasteiger partial charge in [0.05, 0.1) is 6.04 Å². The van der Waals surface area contributed by atoms with Gasteiger partial charge in [0.1, 0.15) is 0 Å². The molecule has 2 heterocycles. The standard InChI is InChI=1S/C46H46Cl2N4/c1-50(39-23-19-36(47)20-24-39)44-27-28-52(45-10-6-4-8-42(44)45)31-33-13-17-35(18-14-33)34-15-11-32(12-16-34)29-38-30-46(41-7-3-5-9-43(41)49-38)51(2)40-25-21-37(48)22-26-40/h3-26,38,42,44-46,49H,27-31H2,1-2H3. The fraction of sp³-hybridized carbons (Fsp3) is 0.261. The minimum atomic E-state index is 0.278. The molecule has 0 spiro atoms. The van der Waals surface area contributed by atoms with Crippen LogP contribution in [-0.2, 0) is 13.0 Å². The van der Waals surface area contributed by atoms with E-state index >= 15 is 0 Å². The summed E-state index contributed by atoms with van der Waals surface area (Å²) in [5.41, 5.74) is 10.2. The van der Waals surface area contributed by atoms with E-state index in [4.69, 9.17) is 23.2 Å². The minimum Gasteiger partial charge on any atom is -0.382 e. The van der Waals surface area contributed by atoms with Crippen molar-refractivity contribution in [3.63, 3.8) is 0 Å². The van der Waals surface area contributed by atoms with Crippen LogP contribution in [0.5, 0.6) is 0 Å². The number of anilines is 3. The Hall–Kier alpha value is -4.48. The van der Waals surface area contributed by atoms with Crippen molar-refractivity contribution < 1.29 is 0 Å². The van der Waals surface area contributed by atoms with Crippen molar-refractivity contribution in [1.29, 1.82) is 0 Å². The summed E-state index contributed by atoms with van der Waals surface area (Å²) < 4.78 is 0. The molecule has 52 heavy (non-hydrogen) atoms. The van der Waals surface area contributed by atoms with Gasteiger partial charge in [-0.3, -0.25) is 4.90 Å². The second-order valence-corrected chi connectivity index (χ2v) is 15.5. The van der Waals surface area contributed by atoms with Crippen LogP contribution in [0, 0.1) is 5.92 Å². The molecule has 1 fully saturated rings. The molecule has 3 aliphatic rings. The first kappa shape index (κ1) is 34.6. The molecule has 5 aromatic rings. The molecule has 5 unspecified atom stereocenters. The predicted octanol–water partition coefficient (Wildman–Crippen LogP) is 11.1. The summed E-state index contributed by atoms with van der Waals surface area (Å²) in [5.74, 6) is 0.436. The van der Waals surface area contributed by atoms with Gasteiger partial charge in [-0.15, -0.1) is 0 Å². The summed E-state index contributed by atoms with van der Waals surface area (Å²) in [7, 11) is 4.42. The number of fused-ring (bicyclic) bond motifs is 2. The zero-order valence-corrected chi connectivity index (χ0v) is 31.4. The van der Waals surface area contributed by atoms with E-state index in [2.05, 4.69) is 155 Å². The van der Waals surface area contributed by atoms with Gasteiger partial charge in [-0.2, -0.15) is 0 Å². The number of hydrogen-bond acceptors (Lipinski definition) is 4. The molecule has 4 nitrogen and oxygen atoms in total. The van der Waals surface area contributed by atoms with Gasteiger partial charge in [0.2, 0.25) is 0 Å². The summed E-state index contributed by atoms with van der Waals surface area (Å²) in [6, 6.07) is 44.9. The van der Waals surface area contributed by atoms with Crippen molar-refractivity contribution in [3.05, 3.63) is 172 Å². The van der Waals surface area contributed by atoms with Crippen LogP contribution in [0.4, 0.5) is 17.1 Å². The highest BCUT2D eigenvalue weighted by Gasteiger charge is 2.38. The van der Waals surface area contributed by atoms with E-state index in [9.17, 15) is 0 Å². The van der Waals surface area contributed by atoms with E-state index in [1.165, 1.54) is 44.9 Å². The van der Waals surface area contributed by atoms with Crippen LogP contribution in [0.1, 0.15) is 35.6 Å². The van der Waals surface area contributed by atoms with E-state index in [0.717, 1.165) is 42.4 Å². The first-order valence-corrected chi connectivity index (χ1v) is 19.2. The number of allylic oxidation sites excluding steroid dienone is 2. The first-order valence-electron chi connectivity index (χ1n) is 18.5. The summed E-state index contributed by atoms with van der Waals surface area (Å²) in [4.78, 5) is 7.48. The Bertz CT molecular complexity index is 2020. The monoisotopic (exact) mass is 724 g/mol. The van der Waals surface area contributed by atoms with Gasteiger partial charge in [0.25, 0.3) is 0 Å². The third-order valence-electron chi connectivity index (χ3n) is 11.5. The Kier molecular flexibility index (Phi) is 10.1. The fourth-order valence-corrected chi connectivity index (χ4v) is 8.84. The summed E-state index contributed by atoms with van der Waals surface area (Å²) in [5, 5.41) is 5.39. The van der Waals surface area contributed by atoms with Crippen LogP contribution < -0.4 is 15.1 Å². The highest BCUT2D eigenvalue weighted by molar-refractivity contribution is 6.30. The maximum Gasteiger partial charge on any atom is 0.0579 e. The van der Waals surface area contributed by atoms with Gasteiger partial charge in [-0.1, -0.05) is 114 Å². The molecule has 1 aliphatic carbocycles. The second-order valence-electron chi connectivity index (χ2n) is 14.6. The second kappa shape index (κ2) is 15.2. The van der Waals surface area contributed by atoms with Gasteiger partial charge in [0, 0.05) is 78.3 Å². The van der Waals surface area contributed by atoms with Crippen molar-refractivity contribution in [3.8, 4) is 11.1 Å². The molecule has 6 heteroatoms. The fourth-order valence-electron chi connectivity index (χ4n) is 8.58. The van der Waals surface area contributed by atoms with Crippen molar-refractivity contribution in [1.82, 2.24) is 4.90 Å². The van der Waals surface area contributed by atoms with Gasteiger partial charge in [-0.05, 0) is 102 Å². The van der Waals surface area contributed by atoms with Gasteiger partial charge >= 0.3 is 0 Å². The number of likely N-dealkylation sites (tertiary alicyclic amines) is 1. The molecule has 0 amide bonds. The third kappa shape index (κ3) is 7.39. The molecule has 2 aliphatic heterocycles. The molecule has 264 valence electrons. The molecule has 0 aromatic heterocycles. The van der Waals surface area contributed by atoms with Gasteiger partial charge in [0.15, 0.2) is 0 Å². The van der Waals surface area contributed by atoms with E-state index < -0.39 is 0 Å². The zero-order chi connectivity index (χ0) is 35.6. The predicted molar refractivity (Wildman–Crippen MR) is 221 cm³/mol. The Morgan fingerprint density at radius 1 is 0.673 bits per heavy atom. The number of nitrogens with one attached hydrogen (secondary N) is 1. The lowest BCUT2D eigenvalue weighted by atomic mass is 9.81. The first-order chi connectivity index (χ1) is 25.4. The van der Waals surface area contributed by atoms with Gasteiger partial charge < -0.3 is 15.1 Å². The summed E-state index contributed by atoms with van der Waals surface area (Å²) in [6.07, 6.45) is 12.3. The highest BCUT2D eigenvalue weighted by atomic mass is 35.5. The maximum absolute atomic E-state index is 6.20. The number of rotatable bonds is 9. The highest BCUT2D eigenvalue weighted by Crippen LogP contribution is 2.39. The van der Waals surface area contributed by atoms with Crippen LogP contribution in [0.2, 0.25) is 10.0 Å². The molecule has 1 N–H and O–H groups in total. The maximum atomic E-state index is 6.20. The summed E-state index contributed by atoms with van der Waals surface area (Å²) >= 11 is 12.4. The largest absolute Gasteiger partial charge is 0.382 e. The Morgan fingerprint density at radius 3 is 1.94 bits per heavy atom. The molecule has 5 atom stereocenters. The van der Waals surface area contributed by atoms with Crippen LogP contribution >= 0.6 is 23.2 Å². The average molecular weight is 726 g/mol. The Balaban J connectivity index is 0.907. The molecule has 0 radical (unpaired) electrons. The average Bonchev–Trinajstić information content (AvgIpc) is 3.18. The van der Waals surface area contributed by atoms with E-state index in [0.29, 0.717) is 24.0 Å². The SMILES string of the molecule is CN(c1ccc(Cl)cc1)C1CC(Cc2ccc(-c3ccc(CN4CCC(N(C)c5ccc(Cl)cc5)C5C=CC=CC54)cc3)cc2)Nc2ccccc21. The molecule has 0 bridgehead atoms. The number of halogens is 2. The normalized spacial score (nSPS) is 22.3. The third-order valence-corrected chi connectivity index (χ3v) is 12.0. The zero-order valence-electron chi connectivity index (χ0n) is 29.9. The lowest BCUT2D eigenvalue weighted by Crippen LogP contribution is -2.54. The topological polar surface area (TPSA) is 21.8 Å². The molecule has 1 saturated heterocycles. The molecule has 8 rings (SSSR count). The van der Waals surface area contributed by atoms with E-state index in [-0.39, 0.29) is 6.04 Å². The minimum absolute atomic E-state index is 0.278. The van der Waals surface area contributed by atoms with Crippen molar-refractivity contribution in [2.24, 2.45) is 5.92 Å². The number of piperidine rings is 1. The van der Waals surface area contributed by atoms with Crippen molar-refractivity contribution >= 4 is 40.3 Å². The molecule has 0 saturated carbocycles. The quantitative estimate of drug-likeness (QED) is 0.163. The smallest absolute Gasteiger partial charge is 0.0579 e. The van der Waals surface area contributed by atoms with Crippen molar-refractivity contribution in [2.75, 3.05) is 35.8 Å². The van der Waals surface area contributed by atoms with Crippen LogP contribution in [-0.4, -0.2) is 43.7 Å². The number of hydrogen-bond donors (Lipinski definition) is 1. The number of para-hydroxylation sites is 1. The Labute approximate surface area is 319 Å². The van der Waals surface area contributed by atoms with E-state index in [1.54, 1.807) is 0 Å². The number of nitrogens with zero attached hydrogens (tertiary/aromatic N) is 3.